The second-order valence-corrected chi connectivity index (χ2v) is 8.99. The summed E-state index contributed by atoms with van der Waals surface area (Å²) in [6, 6.07) is 5.06. The molecule has 0 N–H and O–H groups in total. The van der Waals surface area contributed by atoms with E-state index >= 15 is 0 Å². The molecule has 0 heterocycles. The van der Waals surface area contributed by atoms with Crippen molar-refractivity contribution in [2.24, 2.45) is 0 Å². The second kappa shape index (κ2) is 7.51. The van der Waals surface area contributed by atoms with Crippen LogP contribution < -0.4 is 0 Å². The number of halogens is 3. The van der Waals surface area contributed by atoms with Crippen LogP contribution in [0.3, 0.4) is 0 Å². The number of ether oxygens (including phenoxy) is 1. The van der Waals surface area contributed by atoms with Gasteiger partial charge in [0.25, 0.3) is 0 Å². The molecule has 0 fully saturated rings. The maximum atomic E-state index is 12.5. The predicted molar refractivity (Wildman–Crippen MR) is 86.2 cm³/mol. The highest BCUT2D eigenvalue weighted by atomic mass is 79.9. The van der Waals surface area contributed by atoms with Crippen molar-refractivity contribution in [1.82, 2.24) is 4.31 Å². The second-order valence-electron chi connectivity index (χ2n) is 3.91. The van der Waals surface area contributed by atoms with Crippen LogP contribution in [-0.2, 0) is 14.8 Å². The molecule has 0 spiro atoms. The molecule has 0 aliphatic heterocycles. The van der Waals surface area contributed by atoms with Gasteiger partial charge in [0, 0.05) is 29.6 Å². The lowest BCUT2D eigenvalue weighted by Crippen LogP contribution is -2.34. The third-order valence-electron chi connectivity index (χ3n) is 2.38. The van der Waals surface area contributed by atoms with Crippen LogP contribution >= 0.6 is 47.8 Å². The molecule has 0 aliphatic rings. The molecule has 1 rings (SSSR count). The van der Waals surface area contributed by atoms with Crippen LogP contribution in [0.15, 0.2) is 32.0 Å². The summed E-state index contributed by atoms with van der Waals surface area (Å²) in [4.78, 5) is 0.185. The van der Waals surface area contributed by atoms with E-state index in [9.17, 15) is 8.42 Å². The molecule has 0 saturated carbocycles. The van der Waals surface area contributed by atoms with E-state index in [4.69, 9.17) is 4.74 Å². The molecule has 0 radical (unpaired) electrons. The van der Waals surface area contributed by atoms with Crippen LogP contribution in [0, 0.1) is 0 Å². The highest BCUT2D eigenvalue weighted by Gasteiger charge is 2.25. The van der Waals surface area contributed by atoms with Crippen molar-refractivity contribution in [2.45, 2.75) is 9.72 Å². The number of benzene rings is 1. The van der Waals surface area contributed by atoms with Crippen LogP contribution in [-0.4, -0.2) is 44.9 Å². The normalized spacial score (nSPS) is 13.8. The van der Waals surface area contributed by atoms with Crippen LogP contribution in [0.5, 0.6) is 0 Å². The Morgan fingerprint density at radius 1 is 1.37 bits per heavy atom. The summed E-state index contributed by atoms with van der Waals surface area (Å²) in [5.74, 6) is 0. The predicted octanol–water partition coefficient (Wildman–Crippen LogP) is 3.24. The molecule has 1 unspecified atom stereocenters. The van der Waals surface area contributed by atoms with Gasteiger partial charge in [-0.05, 0) is 34.1 Å². The number of alkyl halides is 1. The summed E-state index contributed by atoms with van der Waals surface area (Å²) in [5.41, 5.74) is 0. The zero-order valence-electron chi connectivity index (χ0n) is 10.4. The van der Waals surface area contributed by atoms with E-state index in [1.54, 1.807) is 32.4 Å². The molecule has 0 amide bonds. The number of methoxy groups -OCH3 is 1. The summed E-state index contributed by atoms with van der Waals surface area (Å²) < 4.78 is 32.5. The van der Waals surface area contributed by atoms with Crippen LogP contribution in [0.1, 0.15) is 0 Å². The van der Waals surface area contributed by atoms with E-state index in [1.807, 2.05) is 0 Å². The Kier molecular flexibility index (Phi) is 6.95. The molecule has 1 aromatic rings. The highest BCUT2D eigenvalue weighted by molar-refractivity contribution is 9.11. The lowest BCUT2D eigenvalue weighted by atomic mass is 10.4. The Labute approximate surface area is 138 Å². The Hall–Kier alpha value is 0.530. The molecule has 0 aliphatic carbocycles. The third kappa shape index (κ3) is 4.78. The fourth-order valence-corrected chi connectivity index (χ4v) is 5.02. The first-order valence-corrected chi connectivity index (χ1v) is 9.27. The molecular formula is C11H14Br3NO3S. The first kappa shape index (κ1) is 17.6. The van der Waals surface area contributed by atoms with Crippen molar-refractivity contribution >= 4 is 57.8 Å². The number of hydrogen-bond donors (Lipinski definition) is 0. The van der Waals surface area contributed by atoms with Crippen molar-refractivity contribution < 1.29 is 13.2 Å². The summed E-state index contributed by atoms with van der Waals surface area (Å²) in [7, 11) is -0.409. The van der Waals surface area contributed by atoms with Crippen molar-refractivity contribution in [2.75, 3.05) is 27.3 Å². The molecule has 4 nitrogen and oxygen atoms in total. The maximum absolute atomic E-state index is 12.5. The number of sulfonamides is 1. The maximum Gasteiger partial charge on any atom is 0.244 e. The van der Waals surface area contributed by atoms with Crippen molar-refractivity contribution in [3.8, 4) is 0 Å². The van der Waals surface area contributed by atoms with Gasteiger partial charge in [-0.3, -0.25) is 0 Å². The smallest absolute Gasteiger partial charge is 0.244 e. The fourth-order valence-electron chi connectivity index (χ4n) is 1.45. The Morgan fingerprint density at radius 2 is 2.00 bits per heavy atom. The monoisotopic (exact) mass is 477 g/mol. The van der Waals surface area contributed by atoms with Gasteiger partial charge in [-0.25, -0.2) is 8.42 Å². The lowest BCUT2D eigenvalue weighted by Gasteiger charge is -2.20. The van der Waals surface area contributed by atoms with Crippen LogP contribution in [0.25, 0.3) is 0 Å². The number of hydrogen-bond acceptors (Lipinski definition) is 3. The molecule has 8 heteroatoms. The third-order valence-corrected chi connectivity index (χ3v) is 6.25. The Balaban J connectivity index is 3.00. The summed E-state index contributed by atoms with van der Waals surface area (Å²) in [6.07, 6.45) is 0. The average molecular weight is 480 g/mol. The molecule has 108 valence electrons. The first-order valence-electron chi connectivity index (χ1n) is 5.33. The van der Waals surface area contributed by atoms with Gasteiger partial charge >= 0.3 is 0 Å². The molecule has 0 bridgehead atoms. The molecule has 0 saturated heterocycles. The largest absolute Gasteiger partial charge is 0.383 e. The van der Waals surface area contributed by atoms with Gasteiger partial charge in [0.05, 0.1) is 16.3 Å². The molecule has 19 heavy (non-hydrogen) atoms. The zero-order chi connectivity index (χ0) is 14.6. The van der Waals surface area contributed by atoms with Gasteiger partial charge < -0.3 is 4.74 Å². The molecular weight excluding hydrogens is 466 g/mol. The van der Waals surface area contributed by atoms with Crippen molar-refractivity contribution in [3.05, 3.63) is 27.1 Å². The zero-order valence-corrected chi connectivity index (χ0v) is 16.0. The highest BCUT2D eigenvalue weighted by Crippen LogP contribution is 2.28. The summed E-state index contributed by atoms with van der Waals surface area (Å²) in [5, 5.41) is 0. The van der Waals surface area contributed by atoms with E-state index < -0.39 is 10.0 Å². The standard InChI is InChI=1S/C11H14Br3NO3S/c1-15(6-9(13)7-18-2)19(16,17)11-5-8(12)3-4-10(11)14/h3-5,9H,6-7H2,1-2H3. The SMILES string of the molecule is COCC(Br)CN(C)S(=O)(=O)c1cc(Br)ccc1Br. The van der Waals surface area contributed by atoms with Crippen LogP contribution in [0.4, 0.5) is 0 Å². The molecule has 0 aromatic heterocycles. The van der Waals surface area contributed by atoms with Gasteiger partial charge in [0.15, 0.2) is 0 Å². The first-order chi connectivity index (χ1) is 8.78. The minimum atomic E-state index is -3.53. The van der Waals surface area contributed by atoms with Crippen molar-refractivity contribution in [3.63, 3.8) is 0 Å². The van der Waals surface area contributed by atoms with E-state index in [2.05, 4.69) is 47.8 Å². The topological polar surface area (TPSA) is 46.6 Å². The van der Waals surface area contributed by atoms with Gasteiger partial charge in [0.2, 0.25) is 10.0 Å². The Bertz CT molecular complexity index is 536. The summed E-state index contributed by atoms with van der Waals surface area (Å²) in [6.45, 7) is 0.772. The van der Waals surface area contributed by atoms with E-state index in [1.165, 1.54) is 4.31 Å². The fraction of sp³-hybridized carbons (Fsp3) is 0.455. The number of rotatable bonds is 6. The van der Waals surface area contributed by atoms with Gasteiger partial charge in [-0.2, -0.15) is 4.31 Å². The van der Waals surface area contributed by atoms with E-state index in [-0.39, 0.29) is 9.72 Å². The minimum absolute atomic E-state index is 0.0526. The number of nitrogens with zero attached hydrogens (tertiary/aromatic N) is 1. The average Bonchev–Trinajstić information content (AvgIpc) is 2.32. The summed E-state index contributed by atoms with van der Waals surface area (Å²) >= 11 is 9.93. The lowest BCUT2D eigenvalue weighted by molar-refractivity contribution is 0.195. The quantitative estimate of drug-likeness (QED) is 0.588. The minimum Gasteiger partial charge on any atom is -0.383 e. The van der Waals surface area contributed by atoms with Crippen LogP contribution in [0.2, 0.25) is 0 Å². The molecule has 1 aromatic carbocycles. The molecule has 1 atom stereocenters. The van der Waals surface area contributed by atoms with Gasteiger partial charge in [-0.1, -0.05) is 31.9 Å². The van der Waals surface area contributed by atoms with E-state index in [0.29, 0.717) is 17.6 Å². The Morgan fingerprint density at radius 3 is 2.58 bits per heavy atom. The van der Waals surface area contributed by atoms with Crippen molar-refractivity contribution in [1.29, 1.82) is 0 Å². The van der Waals surface area contributed by atoms with Gasteiger partial charge in [-0.15, -0.1) is 0 Å². The van der Waals surface area contributed by atoms with E-state index in [0.717, 1.165) is 4.47 Å². The van der Waals surface area contributed by atoms with Gasteiger partial charge in [0.1, 0.15) is 0 Å².